The van der Waals surface area contributed by atoms with Crippen LogP contribution in [0.25, 0.3) is 0 Å². The topological polar surface area (TPSA) is 79.0 Å². The van der Waals surface area contributed by atoms with Gasteiger partial charge in [-0.25, -0.2) is 9.29 Å². The lowest BCUT2D eigenvalue weighted by Crippen LogP contribution is -2.56. The van der Waals surface area contributed by atoms with Gasteiger partial charge in [0.25, 0.3) is 0 Å². The van der Waals surface area contributed by atoms with Crippen LogP contribution >= 0.6 is 11.8 Å². The zero-order valence-electron chi connectivity index (χ0n) is 19.6. The first-order chi connectivity index (χ1) is 16.2. The normalized spacial score (nSPS) is 26.0. The van der Waals surface area contributed by atoms with Crippen molar-refractivity contribution < 1.29 is 23.5 Å². The SMILES string of the molecule is COC(=O)[C@@]1(CCSC)N[C@@H](c2ccc(N(C)C)cc2)[C@H]2C(=O)N(c3ccc(F)cc3)C(=O)[C@H]21. The van der Waals surface area contributed by atoms with Crippen LogP contribution in [0.4, 0.5) is 15.8 Å². The van der Waals surface area contributed by atoms with Gasteiger partial charge >= 0.3 is 5.97 Å². The first-order valence-corrected chi connectivity index (χ1v) is 12.4. The second kappa shape index (κ2) is 9.38. The van der Waals surface area contributed by atoms with Gasteiger partial charge in [-0.3, -0.25) is 19.7 Å². The molecule has 0 spiro atoms. The molecule has 1 N–H and O–H groups in total. The number of carbonyl (C=O) groups is 3. The van der Waals surface area contributed by atoms with Gasteiger partial charge < -0.3 is 9.64 Å². The van der Waals surface area contributed by atoms with E-state index in [1.165, 1.54) is 31.4 Å². The highest BCUT2D eigenvalue weighted by Crippen LogP contribution is 2.51. The van der Waals surface area contributed by atoms with Crippen LogP contribution in [-0.2, 0) is 19.1 Å². The molecule has 0 saturated carbocycles. The van der Waals surface area contributed by atoms with Crippen LogP contribution in [0.5, 0.6) is 0 Å². The summed E-state index contributed by atoms with van der Waals surface area (Å²) in [5, 5.41) is 3.37. The number of carbonyl (C=O) groups excluding carboxylic acids is 3. The minimum atomic E-state index is -1.35. The van der Waals surface area contributed by atoms with Crippen LogP contribution in [0.1, 0.15) is 18.0 Å². The van der Waals surface area contributed by atoms with Crippen molar-refractivity contribution in [2.24, 2.45) is 11.8 Å². The number of thioether (sulfide) groups is 1. The van der Waals surface area contributed by atoms with Crippen LogP contribution in [0, 0.1) is 17.7 Å². The van der Waals surface area contributed by atoms with Gasteiger partial charge in [0, 0.05) is 25.8 Å². The minimum absolute atomic E-state index is 0.288. The summed E-state index contributed by atoms with van der Waals surface area (Å²) in [6.45, 7) is 0. The number of hydrogen-bond donors (Lipinski definition) is 1. The third-order valence-electron chi connectivity index (χ3n) is 6.76. The van der Waals surface area contributed by atoms with Crippen molar-refractivity contribution in [2.45, 2.75) is 18.0 Å². The third-order valence-corrected chi connectivity index (χ3v) is 7.37. The van der Waals surface area contributed by atoms with E-state index in [-0.39, 0.29) is 5.69 Å². The van der Waals surface area contributed by atoms with E-state index in [2.05, 4.69) is 5.32 Å². The minimum Gasteiger partial charge on any atom is -0.468 e. The summed E-state index contributed by atoms with van der Waals surface area (Å²) in [6, 6.07) is 12.3. The van der Waals surface area contributed by atoms with Crippen LogP contribution in [0.2, 0.25) is 0 Å². The van der Waals surface area contributed by atoms with Crippen molar-refractivity contribution in [1.29, 1.82) is 0 Å². The monoisotopic (exact) mass is 485 g/mol. The molecule has 0 aliphatic carbocycles. The van der Waals surface area contributed by atoms with Gasteiger partial charge in [0.15, 0.2) is 0 Å². The molecule has 2 fully saturated rings. The fourth-order valence-corrected chi connectivity index (χ4v) is 5.60. The maximum absolute atomic E-state index is 13.8. The number of anilines is 2. The molecular formula is C25H28FN3O4S. The predicted octanol–water partition coefficient (Wildman–Crippen LogP) is 3.01. The number of ether oxygens (including phenoxy) is 1. The van der Waals surface area contributed by atoms with E-state index < -0.39 is 47.0 Å². The highest BCUT2D eigenvalue weighted by molar-refractivity contribution is 7.98. The number of fused-ring (bicyclic) bond motifs is 1. The Morgan fingerprint density at radius 2 is 1.76 bits per heavy atom. The molecule has 0 radical (unpaired) electrons. The van der Waals surface area contributed by atoms with E-state index in [1.807, 2.05) is 49.5 Å². The van der Waals surface area contributed by atoms with E-state index in [4.69, 9.17) is 4.74 Å². The molecule has 0 unspecified atom stereocenters. The summed E-state index contributed by atoms with van der Waals surface area (Å²) in [5.74, 6) is -3.07. The lowest BCUT2D eigenvalue weighted by atomic mass is 9.78. The molecule has 180 valence electrons. The number of amides is 2. The number of hydrogen-bond acceptors (Lipinski definition) is 7. The first-order valence-electron chi connectivity index (χ1n) is 11.0. The fourth-order valence-electron chi connectivity index (χ4n) is 5.08. The molecule has 7 nitrogen and oxygen atoms in total. The summed E-state index contributed by atoms with van der Waals surface area (Å²) in [6.07, 6.45) is 2.24. The van der Waals surface area contributed by atoms with Crippen LogP contribution in [0.15, 0.2) is 48.5 Å². The van der Waals surface area contributed by atoms with Crippen LogP contribution < -0.4 is 15.1 Å². The molecular weight excluding hydrogens is 457 g/mol. The fraction of sp³-hybridized carbons (Fsp3) is 0.400. The second-order valence-electron chi connectivity index (χ2n) is 8.81. The summed E-state index contributed by atoms with van der Waals surface area (Å²) in [7, 11) is 5.16. The van der Waals surface area contributed by atoms with E-state index in [0.717, 1.165) is 16.2 Å². The zero-order valence-corrected chi connectivity index (χ0v) is 20.4. The van der Waals surface area contributed by atoms with Crippen molar-refractivity contribution in [3.8, 4) is 0 Å². The summed E-state index contributed by atoms with van der Waals surface area (Å²) >= 11 is 1.55. The van der Waals surface area contributed by atoms with Gasteiger partial charge in [-0.15, -0.1) is 0 Å². The summed E-state index contributed by atoms with van der Waals surface area (Å²) in [5.41, 5.74) is 0.727. The average molecular weight is 486 g/mol. The van der Waals surface area contributed by atoms with Crippen molar-refractivity contribution in [1.82, 2.24) is 5.32 Å². The summed E-state index contributed by atoms with van der Waals surface area (Å²) in [4.78, 5) is 43.7. The third kappa shape index (κ3) is 3.86. The van der Waals surface area contributed by atoms with E-state index >= 15 is 0 Å². The number of esters is 1. The molecule has 2 aliphatic heterocycles. The largest absolute Gasteiger partial charge is 0.468 e. The van der Waals surface area contributed by atoms with Crippen LogP contribution in [-0.4, -0.2) is 56.5 Å². The van der Waals surface area contributed by atoms with Gasteiger partial charge in [0.05, 0.1) is 24.6 Å². The molecule has 2 aromatic rings. The quantitative estimate of drug-likeness (QED) is 0.477. The lowest BCUT2D eigenvalue weighted by molar-refractivity contribution is -0.152. The second-order valence-corrected chi connectivity index (χ2v) is 9.79. The van der Waals surface area contributed by atoms with Crippen molar-refractivity contribution in [3.05, 3.63) is 59.9 Å². The van der Waals surface area contributed by atoms with Gasteiger partial charge in [-0.2, -0.15) is 11.8 Å². The molecule has 34 heavy (non-hydrogen) atoms. The molecule has 2 aromatic carbocycles. The van der Waals surface area contributed by atoms with E-state index in [1.54, 1.807) is 11.8 Å². The van der Waals surface area contributed by atoms with Crippen molar-refractivity contribution in [3.63, 3.8) is 0 Å². The highest BCUT2D eigenvalue weighted by atomic mass is 32.2. The summed E-state index contributed by atoms with van der Waals surface area (Å²) < 4.78 is 18.7. The number of halogens is 1. The molecule has 9 heteroatoms. The Morgan fingerprint density at radius 3 is 2.32 bits per heavy atom. The van der Waals surface area contributed by atoms with Gasteiger partial charge in [0.2, 0.25) is 11.8 Å². The number of nitrogens with one attached hydrogen (secondary N) is 1. The Hall–Kier alpha value is -2.91. The number of methoxy groups -OCH3 is 1. The maximum Gasteiger partial charge on any atom is 0.326 e. The van der Waals surface area contributed by atoms with E-state index in [9.17, 15) is 18.8 Å². The Kier molecular flexibility index (Phi) is 6.69. The smallest absolute Gasteiger partial charge is 0.326 e. The van der Waals surface area contributed by atoms with Crippen LogP contribution in [0.3, 0.4) is 0 Å². The first kappa shape index (κ1) is 24.2. The Balaban J connectivity index is 1.83. The highest BCUT2D eigenvalue weighted by Gasteiger charge is 2.68. The Bertz CT molecular complexity index is 1090. The Labute approximate surface area is 202 Å². The number of benzene rings is 2. The maximum atomic E-state index is 13.8. The molecule has 4 rings (SSSR count). The molecule has 4 atom stereocenters. The molecule has 2 amide bonds. The molecule has 2 aliphatic rings. The lowest BCUT2D eigenvalue weighted by Gasteiger charge is -2.32. The average Bonchev–Trinajstić information content (AvgIpc) is 3.32. The molecule has 0 aromatic heterocycles. The molecule has 0 bridgehead atoms. The number of rotatable bonds is 7. The van der Waals surface area contributed by atoms with Crippen molar-refractivity contribution >= 4 is 40.9 Å². The number of nitrogens with zero attached hydrogens (tertiary/aromatic N) is 2. The van der Waals surface area contributed by atoms with E-state index in [0.29, 0.717) is 12.2 Å². The molecule has 2 saturated heterocycles. The Morgan fingerprint density at radius 1 is 1.12 bits per heavy atom. The predicted molar refractivity (Wildman–Crippen MR) is 130 cm³/mol. The zero-order chi connectivity index (χ0) is 24.6. The van der Waals surface area contributed by atoms with Crippen molar-refractivity contribution in [2.75, 3.05) is 43.0 Å². The molecule has 2 heterocycles. The van der Waals surface area contributed by atoms with Gasteiger partial charge in [0.1, 0.15) is 11.4 Å². The van der Waals surface area contributed by atoms with Gasteiger partial charge in [-0.1, -0.05) is 12.1 Å². The van der Waals surface area contributed by atoms with Gasteiger partial charge in [-0.05, 0) is 60.4 Å². The number of imide groups is 1. The standard InChI is InChI=1S/C25H28FN3O4S/c1-28(2)17-9-5-15(6-10-17)21-19-20(25(27-21,13-14-34-4)24(32)33-3)23(31)29(22(19)30)18-11-7-16(26)8-12-18/h5-12,19-21,27H,13-14H2,1-4H3/t19-,20-,21-,25-/m0/s1.